The van der Waals surface area contributed by atoms with Crippen LogP contribution >= 0.6 is 0 Å². The zero-order valence-electron chi connectivity index (χ0n) is 16.7. The molecule has 0 bridgehead atoms. The predicted octanol–water partition coefficient (Wildman–Crippen LogP) is 2.02. The highest BCUT2D eigenvalue weighted by Crippen LogP contribution is 2.34. The Balaban J connectivity index is 1.53. The molecule has 1 aromatic carbocycles. The molecule has 0 saturated carbocycles. The SMILES string of the molecule is Cc1[nH]c(/C=C2\C(=O)Nc3ccc(F)cc32)c(C)c1C(=O)NCCN1CCNC1=O. The smallest absolute Gasteiger partial charge is 0.317 e. The highest BCUT2D eigenvalue weighted by atomic mass is 19.1. The topological polar surface area (TPSA) is 106 Å². The number of nitrogens with zero attached hydrogens (tertiary/aromatic N) is 1. The molecule has 4 N–H and O–H groups in total. The van der Waals surface area contributed by atoms with E-state index in [1.807, 2.05) is 0 Å². The maximum absolute atomic E-state index is 13.7. The molecule has 9 heteroatoms. The summed E-state index contributed by atoms with van der Waals surface area (Å²) in [6, 6.07) is 4.00. The molecule has 2 aromatic rings. The summed E-state index contributed by atoms with van der Waals surface area (Å²) in [6.45, 7) is 5.57. The van der Waals surface area contributed by atoms with Crippen molar-refractivity contribution in [1.82, 2.24) is 20.5 Å². The van der Waals surface area contributed by atoms with Crippen LogP contribution in [0.3, 0.4) is 0 Å². The Morgan fingerprint density at radius 1 is 1.30 bits per heavy atom. The van der Waals surface area contributed by atoms with Crippen LogP contribution in [0.2, 0.25) is 0 Å². The van der Waals surface area contributed by atoms with Crippen molar-refractivity contribution in [3.05, 3.63) is 52.1 Å². The van der Waals surface area contributed by atoms with Crippen molar-refractivity contribution in [3.63, 3.8) is 0 Å². The maximum Gasteiger partial charge on any atom is 0.317 e. The summed E-state index contributed by atoms with van der Waals surface area (Å²) in [4.78, 5) is 41.4. The van der Waals surface area contributed by atoms with E-state index in [9.17, 15) is 18.8 Å². The summed E-state index contributed by atoms with van der Waals surface area (Å²) < 4.78 is 13.7. The predicted molar refractivity (Wildman–Crippen MR) is 110 cm³/mol. The lowest BCUT2D eigenvalue weighted by molar-refractivity contribution is -0.110. The number of amides is 4. The highest BCUT2D eigenvalue weighted by Gasteiger charge is 2.26. The number of H-pyrrole nitrogens is 1. The average molecular weight is 411 g/mol. The monoisotopic (exact) mass is 411 g/mol. The van der Waals surface area contributed by atoms with E-state index in [4.69, 9.17) is 0 Å². The third-order valence-corrected chi connectivity index (χ3v) is 5.37. The molecule has 0 atom stereocenters. The zero-order chi connectivity index (χ0) is 21.4. The van der Waals surface area contributed by atoms with Gasteiger partial charge in [-0.15, -0.1) is 0 Å². The summed E-state index contributed by atoms with van der Waals surface area (Å²) in [5, 5.41) is 8.27. The van der Waals surface area contributed by atoms with E-state index in [2.05, 4.69) is 20.9 Å². The van der Waals surface area contributed by atoms with Crippen LogP contribution in [0.25, 0.3) is 11.6 Å². The number of halogens is 1. The van der Waals surface area contributed by atoms with Crippen molar-refractivity contribution >= 4 is 35.2 Å². The van der Waals surface area contributed by atoms with Crippen LogP contribution in [0.1, 0.15) is 32.9 Å². The summed E-state index contributed by atoms with van der Waals surface area (Å²) in [7, 11) is 0. The Labute approximate surface area is 172 Å². The van der Waals surface area contributed by atoms with E-state index in [0.717, 1.165) is 0 Å². The molecule has 2 aliphatic heterocycles. The molecule has 0 radical (unpaired) electrons. The summed E-state index contributed by atoms with van der Waals surface area (Å²) >= 11 is 0. The minimum Gasteiger partial charge on any atom is -0.358 e. The molecule has 0 aliphatic carbocycles. The van der Waals surface area contributed by atoms with E-state index in [0.29, 0.717) is 65.5 Å². The average Bonchev–Trinajstić information content (AvgIpc) is 3.32. The van der Waals surface area contributed by atoms with Gasteiger partial charge >= 0.3 is 6.03 Å². The first-order valence-corrected chi connectivity index (χ1v) is 9.68. The van der Waals surface area contributed by atoms with Crippen LogP contribution in [-0.4, -0.2) is 53.9 Å². The van der Waals surface area contributed by atoms with Gasteiger partial charge in [0.1, 0.15) is 5.82 Å². The van der Waals surface area contributed by atoms with Gasteiger partial charge < -0.3 is 25.8 Å². The van der Waals surface area contributed by atoms with Gasteiger partial charge in [-0.3, -0.25) is 9.59 Å². The first kappa shape index (κ1) is 19.7. The van der Waals surface area contributed by atoms with Gasteiger partial charge in [-0.1, -0.05) is 0 Å². The van der Waals surface area contributed by atoms with Gasteiger partial charge in [0.25, 0.3) is 11.8 Å². The Bertz CT molecular complexity index is 1090. The maximum atomic E-state index is 13.7. The number of urea groups is 1. The molecule has 3 heterocycles. The minimum atomic E-state index is -0.428. The Morgan fingerprint density at radius 3 is 2.83 bits per heavy atom. The normalized spacial score (nSPS) is 16.6. The van der Waals surface area contributed by atoms with Crippen molar-refractivity contribution in [2.45, 2.75) is 13.8 Å². The number of carbonyl (C=O) groups excluding carboxylic acids is 3. The van der Waals surface area contributed by atoms with E-state index in [-0.39, 0.29) is 17.8 Å². The van der Waals surface area contributed by atoms with Gasteiger partial charge in [-0.25, -0.2) is 9.18 Å². The standard InChI is InChI=1S/C21H22FN5O3/c1-11-17(10-15-14-9-13(22)3-4-16(14)26-19(15)28)25-12(2)18(11)20(29)23-5-7-27-8-6-24-21(27)30/h3-4,9-10,25H,5-8H2,1-2H3,(H,23,29)(H,24,30)(H,26,28)/b15-10-. The van der Waals surface area contributed by atoms with Gasteiger partial charge in [0.15, 0.2) is 0 Å². The number of nitrogens with one attached hydrogen (secondary N) is 4. The molecule has 30 heavy (non-hydrogen) atoms. The molecular weight excluding hydrogens is 389 g/mol. The third kappa shape index (κ3) is 3.54. The molecule has 0 spiro atoms. The second kappa shape index (κ2) is 7.66. The highest BCUT2D eigenvalue weighted by molar-refractivity contribution is 6.34. The fourth-order valence-corrected chi connectivity index (χ4v) is 3.82. The van der Waals surface area contributed by atoms with Crippen LogP contribution in [0, 0.1) is 19.7 Å². The third-order valence-electron chi connectivity index (χ3n) is 5.37. The van der Waals surface area contributed by atoms with E-state index >= 15 is 0 Å². The number of rotatable bonds is 5. The van der Waals surface area contributed by atoms with Crippen LogP contribution in [-0.2, 0) is 4.79 Å². The van der Waals surface area contributed by atoms with E-state index in [1.54, 1.807) is 24.8 Å². The molecule has 1 fully saturated rings. The van der Waals surface area contributed by atoms with Crippen molar-refractivity contribution < 1.29 is 18.8 Å². The minimum absolute atomic E-state index is 0.126. The quantitative estimate of drug-likeness (QED) is 0.566. The first-order valence-electron chi connectivity index (χ1n) is 9.68. The Hall–Kier alpha value is -3.62. The van der Waals surface area contributed by atoms with Crippen molar-refractivity contribution in [3.8, 4) is 0 Å². The van der Waals surface area contributed by atoms with Crippen LogP contribution in [0.4, 0.5) is 14.9 Å². The number of hydrogen-bond donors (Lipinski definition) is 4. The van der Waals surface area contributed by atoms with Crippen LogP contribution in [0.5, 0.6) is 0 Å². The summed E-state index contributed by atoms with van der Waals surface area (Å²) in [5.41, 5.74) is 3.83. The van der Waals surface area contributed by atoms with Gasteiger partial charge in [0, 0.05) is 48.8 Å². The van der Waals surface area contributed by atoms with Crippen LogP contribution in [0.15, 0.2) is 18.2 Å². The number of fused-ring (bicyclic) bond motifs is 1. The number of anilines is 1. The molecule has 4 amide bonds. The fraction of sp³-hybridized carbons (Fsp3) is 0.286. The van der Waals surface area contributed by atoms with Gasteiger partial charge in [0.2, 0.25) is 0 Å². The van der Waals surface area contributed by atoms with E-state index in [1.165, 1.54) is 18.2 Å². The van der Waals surface area contributed by atoms with Crippen molar-refractivity contribution in [2.75, 3.05) is 31.5 Å². The lowest BCUT2D eigenvalue weighted by Gasteiger charge is -2.14. The molecule has 1 saturated heterocycles. The van der Waals surface area contributed by atoms with Gasteiger partial charge in [0.05, 0.1) is 11.1 Å². The van der Waals surface area contributed by atoms with Crippen LogP contribution < -0.4 is 16.0 Å². The number of carbonyl (C=O) groups is 3. The molecule has 2 aliphatic rings. The van der Waals surface area contributed by atoms with Gasteiger partial charge in [-0.05, 0) is 43.7 Å². The second-order valence-electron chi connectivity index (χ2n) is 7.34. The molecule has 4 rings (SSSR count). The van der Waals surface area contributed by atoms with E-state index < -0.39 is 5.82 Å². The number of hydrogen-bond acceptors (Lipinski definition) is 3. The number of aromatic amines is 1. The molecular formula is C21H22FN5O3. The van der Waals surface area contributed by atoms with Crippen molar-refractivity contribution in [2.24, 2.45) is 0 Å². The Morgan fingerprint density at radius 2 is 2.10 bits per heavy atom. The number of aryl methyl sites for hydroxylation is 1. The molecule has 1 aromatic heterocycles. The fourth-order valence-electron chi connectivity index (χ4n) is 3.82. The first-order chi connectivity index (χ1) is 14.3. The number of benzene rings is 1. The Kier molecular flexibility index (Phi) is 5.03. The molecule has 156 valence electrons. The second-order valence-corrected chi connectivity index (χ2v) is 7.34. The summed E-state index contributed by atoms with van der Waals surface area (Å²) in [6.07, 6.45) is 1.63. The molecule has 8 nitrogen and oxygen atoms in total. The van der Waals surface area contributed by atoms with Crippen molar-refractivity contribution in [1.29, 1.82) is 0 Å². The van der Waals surface area contributed by atoms with Gasteiger partial charge in [-0.2, -0.15) is 0 Å². The zero-order valence-corrected chi connectivity index (χ0v) is 16.7. The lowest BCUT2D eigenvalue weighted by atomic mass is 10.0. The summed E-state index contributed by atoms with van der Waals surface area (Å²) in [5.74, 6) is -1.01. The number of aromatic nitrogens is 1. The lowest BCUT2D eigenvalue weighted by Crippen LogP contribution is -2.37. The molecule has 0 unspecified atom stereocenters. The largest absolute Gasteiger partial charge is 0.358 e.